The Kier molecular flexibility index (Phi) is 3.76. The van der Waals surface area contributed by atoms with Crippen LogP contribution in [0.5, 0.6) is 0 Å². The molecule has 1 fully saturated rings. The molecule has 1 aliphatic rings. The third kappa shape index (κ3) is 3.02. The lowest BCUT2D eigenvalue weighted by atomic mass is 10.1. The van der Waals surface area contributed by atoms with Gasteiger partial charge in [-0.05, 0) is 18.8 Å². The molecule has 0 bridgehead atoms. The van der Waals surface area contributed by atoms with E-state index >= 15 is 0 Å². The van der Waals surface area contributed by atoms with Gasteiger partial charge in [-0.15, -0.1) is 0 Å². The van der Waals surface area contributed by atoms with E-state index in [-0.39, 0.29) is 0 Å². The van der Waals surface area contributed by atoms with Crippen LogP contribution in [-0.4, -0.2) is 24.3 Å². The average molecular weight is 182 g/mol. The average Bonchev–Trinajstić information content (AvgIpc) is 2.53. The molecule has 1 rings (SSSR count). The predicted molar refractivity (Wildman–Crippen MR) is 57.2 cm³/mol. The van der Waals surface area contributed by atoms with E-state index in [1.807, 2.05) is 0 Å². The molecule has 2 nitrogen and oxygen atoms in total. The Morgan fingerprint density at radius 2 is 1.92 bits per heavy atom. The van der Waals surface area contributed by atoms with E-state index in [9.17, 15) is 0 Å². The van der Waals surface area contributed by atoms with Gasteiger partial charge < -0.3 is 4.90 Å². The molecule has 2 heteroatoms. The molecular formula is C11H22N2. The molecule has 1 saturated carbocycles. The minimum Gasteiger partial charge on any atom is -0.363 e. The Bertz CT molecular complexity index is 169. The molecule has 1 N–H and O–H groups in total. The molecule has 1 aliphatic carbocycles. The Balaban J connectivity index is 2.36. The van der Waals surface area contributed by atoms with Gasteiger partial charge in [0, 0.05) is 19.5 Å². The summed E-state index contributed by atoms with van der Waals surface area (Å²) in [6.45, 7) is 5.44. The highest BCUT2D eigenvalue weighted by atomic mass is 15.1. The van der Waals surface area contributed by atoms with Gasteiger partial charge in [-0.3, -0.25) is 5.41 Å². The van der Waals surface area contributed by atoms with E-state index in [0.29, 0.717) is 11.8 Å². The molecule has 13 heavy (non-hydrogen) atoms. The second-order valence-electron chi connectivity index (χ2n) is 4.64. The van der Waals surface area contributed by atoms with E-state index in [1.54, 1.807) is 0 Å². The Hall–Kier alpha value is -0.530. The van der Waals surface area contributed by atoms with Crippen LogP contribution in [0.3, 0.4) is 0 Å². The summed E-state index contributed by atoms with van der Waals surface area (Å²) in [6, 6.07) is 0. The van der Waals surface area contributed by atoms with Gasteiger partial charge in [0.25, 0.3) is 0 Å². The Morgan fingerprint density at radius 3 is 2.38 bits per heavy atom. The lowest BCUT2D eigenvalue weighted by molar-refractivity contribution is 0.399. The largest absolute Gasteiger partial charge is 0.363 e. The van der Waals surface area contributed by atoms with Gasteiger partial charge in [-0.1, -0.05) is 26.7 Å². The van der Waals surface area contributed by atoms with Crippen LogP contribution in [0.1, 0.15) is 39.5 Å². The van der Waals surface area contributed by atoms with Gasteiger partial charge in [0.1, 0.15) is 0 Å². The maximum Gasteiger partial charge on any atom is 0.0986 e. The summed E-state index contributed by atoms with van der Waals surface area (Å²) in [7, 11) is 2.06. The minimum atomic E-state index is 0.559. The number of rotatable bonds is 3. The minimum absolute atomic E-state index is 0.559. The molecule has 0 aromatic heterocycles. The third-order valence-electron chi connectivity index (χ3n) is 2.79. The summed E-state index contributed by atoms with van der Waals surface area (Å²) in [6.07, 6.45) is 5.12. The van der Waals surface area contributed by atoms with Gasteiger partial charge in [0.15, 0.2) is 0 Å². The van der Waals surface area contributed by atoms with Crippen LogP contribution < -0.4 is 0 Å². The topological polar surface area (TPSA) is 27.1 Å². The van der Waals surface area contributed by atoms with E-state index in [2.05, 4.69) is 25.8 Å². The van der Waals surface area contributed by atoms with Gasteiger partial charge >= 0.3 is 0 Å². The molecule has 0 amide bonds. The number of nitrogens with zero attached hydrogens (tertiary/aromatic N) is 1. The first-order chi connectivity index (χ1) is 6.11. The Morgan fingerprint density at radius 1 is 1.38 bits per heavy atom. The van der Waals surface area contributed by atoms with Crippen molar-refractivity contribution in [3.8, 4) is 0 Å². The molecule has 0 unspecified atom stereocenters. The molecule has 0 aromatic rings. The van der Waals surface area contributed by atoms with Crippen LogP contribution in [0.25, 0.3) is 0 Å². The highest BCUT2D eigenvalue weighted by molar-refractivity contribution is 5.81. The number of nitrogens with one attached hydrogen (secondary N) is 1. The monoisotopic (exact) mass is 182 g/mol. The van der Waals surface area contributed by atoms with Crippen LogP contribution in [0.15, 0.2) is 0 Å². The number of hydrogen-bond donors (Lipinski definition) is 1. The molecule has 0 heterocycles. The van der Waals surface area contributed by atoms with Gasteiger partial charge in [0.05, 0.1) is 5.84 Å². The highest BCUT2D eigenvalue weighted by Gasteiger charge is 2.22. The highest BCUT2D eigenvalue weighted by Crippen LogP contribution is 2.26. The molecule has 0 aliphatic heterocycles. The normalized spacial score (nSPS) is 18.2. The van der Waals surface area contributed by atoms with Crippen molar-refractivity contribution >= 4 is 5.84 Å². The maximum absolute atomic E-state index is 8.01. The smallest absolute Gasteiger partial charge is 0.0986 e. The molecule has 0 aromatic carbocycles. The molecule has 0 spiro atoms. The van der Waals surface area contributed by atoms with Gasteiger partial charge in [0.2, 0.25) is 0 Å². The van der Waals surface area contributed by atoms with Gasteiger partial charge in [-0.2, -0.15) is 0 Å². The van der Waals surface area contributed by atoms with Crippen LogP contribution in [0.4, 0.5) is 0 Å². The van der Waals surface area contributed by atoms with Crippen LogP contribution in [-0.2, 0) is 0 Å². The summed E-state index contributed by atoms with van der Waals surface area (Å²) in [5.41, 5.74) is 0. The first kappa shape index (κ1) is 10.6. The van der Waals surface area contributed by atoms with Crippen molar-refractivity contribution in [2.45, 2.75) is 39.5 Å². The van der Waals surface area contributed by atoms with E-state index < -0.39 is 0 Å². The summed E-state index contributed by atoms with van der Waals surface area (Å²) in [4.78, 5) is 2.13. The lowest BCUT2D eigenvalue weighted by Gasteiger charge is -2.25. The van der Waals surface area contributed by atoms with Crippen molar-refractivity contribution in [1.82, 2.24) is 4.90 Å². The van der Waals surface area contributed by atoms with Crippen molar-refractivity contribution in [2.24, 2.45) is 11.8 Å². The first-order valence-electron chi connectivity index (χ1n) is 5.41. The lowest BCUT2D eigenvalue weighted by Crippen LogP contribution is -2.33. The van der Waals surface area contributed by atoms with Crippen LogP contribution in [0.2, 0.25) is 0 Å². The third-order valence-corrected chi connectivity index (χ3v) is 2.79. The fraction of sp³-hybridized carbons (Fsp3) is 0.909. The standard InChI is InChI=1S/C11H22N2/c1-9(2)8-13(3)11(12)10-6-4-5-7-10/h9-10,12H,4-8H2,1-3H3. The predicted octanol–water partition coefficient (Wildman–Crippen LogP) is 2.74. The Labute approximate surface area is 81.8 Å². The summed E-state index contributed by atoms with van der Waals surface area (Å²) in [5.74, 6) is 2.08. The quantitative estimate of drug-likeness (QED) is 0.527. The molecule has 0 saturated heterocycles. The molecular weight excluding hydrogens is 160 g/mol. The maximum atomic E-state index is 8.01. The van der Waals surface area contributed by atoms with Crippen molar-refractivity contribution in [2.75, 3.05) is 13.6 Å². The second kappa shape index (κ2) is 4.64. The van der Waals surface area contributed by atoms with Crippen molar-refractivity contribution in [3.05, 3.63) is 0 Å². The van der Waals surface area contributed by atoms with Gasteiger partial charge in [-0.25, -0.2) is 0 Å². The fourth-order valence-corrected chi connectivity index (χ4v) is 2.16. The molecule has 76 valence electrons. The van der Waals surface area contributed by atoms with E-state index in [1.165, 1.54) is 25.7 Å². The summed E-state index contributed by atoms with van der Waals surface area (Å²) >= 11 is 0. The number of amidine groups is 1. The SMILES string of the molecule is CC(C)CN(C)C(=N)C1CCCC1. The van der Waals surface area contributed by atoms with E-state index in [4.69, 9.17) is 5.41 Å². The first-order valence-corrected chi connectivity index (χ1v) is 5.41. The molecule has 0 atom stereocenters. The fourth-order valence-electron chi connectivity index (χ4n) is 2.16. The second-order valence-corrected chi connectivity index (χ2v) is 4.64. The zero-order chi connectivity index (χ0) is 9.84. The summed E-state index contributed by atoms with van der Waals surface area (Å²) < 4.78 is 0. The van der Waals surface area contributed by atoms with Crippen LogP contribution in [0, 0.1) is 17.2 Å². The van der Waals surface area contributed by atoms with Crippen molar-refractivity contribution < 1.29 is 0 Å². The molecule has 0 radical (unpaired) electrons. The zero-order valence-corrected chi connectivity index (χ0v) is 9.14. The van der Waals surface area contributed by atoms with Crippen molar-refractivity contribution in [3.63, 3.8) is 0 Å². The van der Waals surface area contributed by atoms with E-state index in [0.717, 1.165) is 12.4 Å². The van der Waals surface area contributed by atoms with Crippen LogP contribution >= 0.6 is 0 Å². The van der Waals surface area contributed by atoms with Crippen molar-refractivity contribution in [1.29, 1.82) is 5.41 Å². The zero-order valence-electron chi connectivity index (χ0n) is 9.14. The summed E-state index contributed by atoms with van der Waals surface area (Å²) in [5, 5.41) is 8.01. The number of hydrogen-bond acceptors (Lipinski definition) is 1.